The molecular formula is C78H96N14O34. The molecule has 5 aromatic carbocycles. The van der Waals surface area contributed by atoms with Gasteiger partial charge in [-0.15, -0.1) is 0 Å². The van der Waals surface area contributed by atoms with E-state index in [1.807, 2.05) is 0 Å². The number of nitrogens with one attached hydrogen (secondary N) is 8. The highest BCUT2D eigenvalue weighted by molar-refractivity contribution is 6.09. The number of nitro groups is 6. The van der Waals surface area contributed by atoms with E-state index in [1.54, 1.807) is 0 Å². The molecule has 0 fully saturated rings. The number of non-ortho nitro benzene ring substituents is 3. The molecular weight excluding hydrogens is 1680 g/mol. The molecule has 0 aromatic heterocycles. The number of carbonyl (C=O) groups is 6. The highest BCUT2D eigenvalue weighted by Crippen LogP contribution is 2.42. The summed E-state index contributed by atoms with van der Waals surface area (Å²) in [5.74, 6) is -4.75. The zero-order valence-corrected chi connectivity index (χ0v) is 68.1. The largest absolute Gasteiger partial charge is 0.508 e. The van der Waals surface area contributed by atoms with Crippen molar-refractivity contribution < 1.29 is 130 Å². The van der Waals surface area contributed by atoms with Crippen LogP contribution in [0.5, 0.6) is 5.75 Å². The fourth-order valence-corrected chi connectivity index (χ4v) is 11.6. The van der Waals surface area contributed by atoms with Gasteiger partial charge in [0.15, 0.2) is 5.43 Å². The summed E-state index contributed by atoms with van der Waals surface area (Å²) < 4.78 is 73.7. The van der Waals surface area contributed by atoms with Gasteiger partial charge in [-0.25, -0.2) is 4.79 Å². The zero-order chi connectivity index (χ0) is 91.0. The molecule has 2 aliphatic rings. The van der Waals surface area contributed by atoms with Gasteiger partial charge in [0.1, 0.15) is 39.7 Å². The molecule has 0 saturated heterocycles. The number of anilines is 3. The number of nitro benzene ring substituents is 6. The van der Waals surface area contributed by atoms with Crippen molar-refractivity contribution in [2.24, 2.45) is 0 Å². The normalized spacial score (nSPS) is 11.2. The van der Waals surface area contributed by atoms with Crippen LogP contribution in [0.4, 0.5) is 51.2 Å². The Morgan fingerprint density at radius 2 is 0.738 bits per heavy atom. The third-order valence-corrected chi connectivity index (χ3v) is 17.6. The number of fused-ring (bicyclic) bond motifs is 2. The number of benzene rings is 6. The average Bonchev–Trinajstić information content (AvgIpc) is 0.745. The molecule has 1 aliphatic carbocycles. The monoisotopic (exact) mass is 1770 g/mol. The lowest BCUT2D eigenvalue weighted by Gasteiger charge is -2.34. The van der Waals surface area contributed by atoms with Gasteiger partial charge in [-0.3, -0.25) is 89.5 Å². The van der Waals surface area contributed by atoms with E-state index in [0.29, 0.717) is 16.5 Å². The van der Waals surface area contributed by atoms with Crippen molar-refractivity contribution in [3.63, 3.8) is 0 Å². The van der Waals surface area contributed by atoms with Gasteiger partial charge in [0.25, 0.3) is 40.0 Å². The molecule has 0 radical (unpaired) electrons. The van der Waals surface area contributed by atoms with Gasteiger partial charge in [0.2, 0.25) is 23.6 Å². The zero-order valence-electron chi connectivity index (χ0n) is 68.1. The molecule has 1 aliphatic heterocycles. The Bertz CT molecular complexity index is 4560. The number of phenols is 1. The quantitative estimate of drug-likeness (QED) is 0.0103. The van der Waals surface area contributed by atoms with Crippen LogP contribution in [-0.2, 0) is 76.0 Å². The standard InChI is InChI=1S/C78H96N14O34/c93-57-5-8-60-69(47-57)126-70-48-58(94)6-9-61(70)75(60)59-7-1-53(43-62(59)77(100)101)76(99)85-49-74(98)86-78(50-123-22-13-71(95)82-19-28-117-34-40-120-37-31-114-25-16-79-63-10-2-54(87(102)103)44-66(63)90(108)109,51-124-23-14-72(96)83-20-29-118-35-41-121-38-32-115-26-17-80-64-11-3-55(88(104)105)45-67(64)91(110)111)52-125-24-15-73(97)84-21-30-119-36-42-122-39-33-116-27-18-81-65-12-4-56(89(106)107)46-68(65)92(112)113/h1-12,43-48,79-81,93H,13-42,49-52H2,(H,82,95)(H,83,96)(H,84,97)(H,85,99)(H,86,98)(H,100,101). The van der Waals surface area contributed by atoms with E-state index in [2.05, 4.69) is 42.5 Å². The van der Waals surface area contributed by atoms with Crippen molar-refractivity contribution in [1.29, 1.82) is 0 Å². The number of aromatic carboxylic acids is 1. The van der Waals surface area contributed by atoms with E-state index in [1.165, 1.54) is 66.7 Å². The van der Waals surface area contributed by atoms with Crippen LogP contribution in [0.1, 0.15) is 40.0 Å². The summed E-state index contributed by atoms with van der Waals surface area (Å²) in [4.78, 5) is 156. The number of phenolic OH excluding ortho intramolecular Hbond substituents is 1. The molecule has 48 nitrogen and oxygen atoms in total. The van der Waals surface area contributed by atoms with Crippen LogP contribution in [0.2, 0.25) is 0 Å². The molecule has 0 bridgehead atoms. The third kappa shape index (κ3) is 35.2. The average molecular weight is 1770 g/mol. The highest BCUT2D eigenvalue weighted by atomic mass is 16.7. The van der Waals surface area contributed by atoms with Gasteiger partial charge >= 0.3 is 5.97 Å². The van der Waals surface area contributed by atoms with E-state index < -0.39 is 137 Å². The van der Waals surface area contributed by atoms with Crippen molar-refractivity contribution in [3.8, 4) is 28.2 Å². The van der Waals surface area contributed by atoms with Gasteiger partial charge in [0, 0.05) is 111 Å². The molecule has 0 unspecified atom stereocenters. The first-order chi connectivity index (χ1) is 60.7. The molecule has 5 amide bonds. The fourth-order valence-electron chi connectivity index (χ4n) is 11.6. The molecule has 0 saturated carbocycles. The Hall–Kier alpha value is -13.3. The topological polar surface area (TPSA) is 639 Å². The number of amides is 5. The lowest BCUT2D eigenvalue weighted by Crippen LogP contribution is -2.60. The van der Waals surface area contributed by atoms with Crippen molar-refractivity contribution in [2.45, 2.75) is 24.8 Å². The first-order valence-electron chi connectivity index (χ1n) is 39.1. The number of carboxylic acids is 1. The molecule has 682 valence electrons. The summed E-state index contributed by atoms with van der Waals surface area (Å²) in [7, 11) is 0. The van der Waals surface area contributed by atoms with Crippen molar-refractivity contribution >= 4 is 97.7 Å². The summed E-state index contributed by atoms with van der Waals surface area (Å²) in [6, 6.07) is 21.5. The van der Waals surface area contributed by atoms with Crippen molar-refractivity contribution in [1.82, 2.24) is 26.6 Å². The van der Waals surface area contributed by atoms with Gasteiger partial charge in [-0.1, -0.05) is 6.07 Å². The molecule has 126 heavy (non-hydrogen) atoms. The molecule has 0 atom stereocenters. The highest BCUT2D eigenvalue weighted by Gasteiger charge is 2.35. The summed E-state index contributed by atoms with van der Waals surface area (Å²) in [6.07, 6.45) is -0.675. The molecule has 5 aromatic rings. The van der Waals surface area contributed by atoms with Gasteiger partial charge in [-0.05, 0) is 60.2 Å². The summed E-state index contributed by atoms with van der Waals surface area (Å²) in [5, 5.41) is 111. The Kier molecular flexibility index (Phi) is 43.1. The number of hydrogen-bond donors (Lipinski definition) is 10. The molecule has 1 heterocycles. The minimum atomic E-state index is -1.72. The van der Waals surface area contributed by atoms with Crippen LogP contribution in [0.15, 0.2) is 118 Å². The smallest absolute Gasteiger partial charge is 0.336 e. The number of carbonyl (C=O) groups excluding carboxylic acids is 5. The summed E-state index contributed by atoms with van der Waals surface area (Å²) in [5.41, 5.74) is -4.26. The maximum absolute atomic E-state index is 14.3. The number of rotatable bonds is 66. The Morgan fingerprint density at radius 1 is 0.373 bits per heavy atom. The maximum Gasteiger partial charge on any atom is 0.336 e. The maximum atomic E-state index is 14.3. The summed E-state index contributed by atoms with van der Waals surface area (Å²) >= 11 is 0. The Labute approximate surface area is 716 Å². The van der Waals surface area contributed by atoms with E-state index in [0.717, 1.165) is 42.5 Å². The van der Waals surface area contributed by atoms with Crippen LogP contribution >= 0.6 is 0 Å². The van der Waals surface area contributed by atoms with Crippen LogP contribution in [0, 0.1) is 60.7 Å². The van der Waals surface area contributed by atoms with Gasteiger partial charge in [0.05, 0.1) is 218 Å². The Balaban J connectivity index is 0.912. The predicted octanol–water partition coefficient (Wildman–Crippen LogP) is 5.06. The number of aromatic hydroxyl groups is 1. The molecule has 48 heteroatoms. The predicted molar refractivity (Wildman–Crippen MR) is 444 cm³/mol. The summed E-state index contributed by atoms with van der Waals surface area (Å²) in [6.45, 7) is 0.284. The lowest BCUT2D eigenvalue weighted by molar-refractivity contribution is -0.393. The van der Waals surface area contributed by atoms with Gasteiger partial charge < -0.3 is 114 Å². The minimum Gasteiger partial charge on any atom is -0.508 e. The minimum absolute atomic E-state index is 0.0718. The molecule has 7 rings (SSSR count). The van der Waals surface area contributed by atoms with Crippen molar-refractivity contribution in [3.05, 3.63) is 191 Å². The van der Waals surface area contributed by atoms with Crippen LogP contribution in [0.25, 0.3) is 33.4 Å². The van der Waals surface area contributed by atoms with E-state index in [9.17, 15) is 104 Å². The Morgan fingerprint density at radius 3 is 1.10 bits per heavy atom. The van der Waals surface area contributed by atoms with Crippen LogP contribution < -0.4 is 48.0 Å². The van der Waals surface area contributed by atoms with E-state index in [4.69, 9.17) is 61.3 Å². The van der Waals surface area contributed by atoms with Crippen molar-refractivity contribution in [2.75, 3.05) is 220 Å². The molecule has 10 N–H and O–H groups in total. The fraction of sp³-hybridized carbons (Fsp3) is 0.449. The number of ether oxygens (including phenoxy) is 12. The second-order valence-corrected chi connectivity index (χ2v) is 26.8. The van der Waals surface area contributed by atoms with E-state index >= 15 is 0 Å². The number of carboxylic acid groups (broad SMARTS) is 1. The van der Waals surface area contributed by atoms with Crippen LogP contribution in [0.3, 0.4) is 0 Å². The van der Waals surface area contributed by atoms with E-state index in [-0.39, 0.29) is 248 Å². The third-order valence-electron chi connectivity index (χ3n) is 17.6. The van der Waals surface area contributed by atoms with Gasteiger partial charge in [-0.2, -0.15) is 0 Å². The lowest BCUT2D eigenvalue weighted by atomic mass is 9.90. The first kappa shape index (κ1) is 99.8. The molecule has 0 spiro atoms. The SMILES string of the molecule is O=C(CCOCC(COCCC(=O)NCCOCCOCCOCCNc1ccc([N+](=O)[O-])cc1[N+](=O)[O-])(COCCC(=O)NCCOCCOCCOCCNc1ccc([N+](=O)[O-])cc1[N+](=O)[O-])NC(=O)CNC(=O)c1ccc(-c2c3ccc(=O)cc-3oc3cc(O)ccc23)c(C(=O)O)c1)NCCOCCOCCOCCNc1ccc([N+](=O)[O-])cc1[N+](=O)[O-]. The second-order valence-electron chi connectivity index (χ2n) is 26.8. The number of nitrogens with zero attached hydrogens (tertiary/aromatic N) is 6. The van der Waals surface area contributed by atoms with Crippen LogP contribution in [-0.4, -0.2) is 285 Å². The number of hydrogen-bond acceptors (Lipinski definition) is 36. The first-order valence-corrected chi connectivity index (χ1v) is 39.1. The second kappa shape index (κ2) is 54.4.